The van der Waals surface area contributed by atoms with Crippen molar-refractivity contribution in [2.24, 2.45) is 0 Å². The Morgan fingerprint density at radius 3 is 2.54 bits per heavy atom. The van der Waals surface area contributed by atoms with E-state index in [2.05, 4.69) is 25.9 Å². The fourth-order valence-electron chi connectivity index (χ4n) is 5.36. The third-order valence-electron chi connectivity index (χ3n) is 7.67. The van der Waals surface area contributed by atoms with Crippen LogP contribution in [0, 0.1) is 0 Å². The molecule has 0 unspecified atom stereocenters. The number of nitrogens with zero attached hydrogens (tertiary/aromatic N) is 4. The van der Waals surface area contributed by atoms with Crippen LogP contribution in [0.1, 0.15) is 44.1 Å². The number of nitrogens with one attached hydrogen (secondary N) is 3. The van der Waals surface area contributed by atoms with Gasteiger partial charge in [0, 0.05) is 37.1 Å². The minimum atomic E-state index is -4.74. The number of likely N-dealkylation sites (tertiary alicyclic amines) is 1. The van der Waals surface area contributed by atoms with Crippen molar-refractivity contribution >= 4 is 39.1 Å². The van der Waals surface area contributed by atoms with E-state index < -0.39 is 39.7 Å². The quantitative estimate of drug-likeness (QED) is 0.393. The normalized spacial score (nSPS) is 22.0. The third kappa shape index (κ3) is 7.38. The van der Waals surface area contributed by atoms with Gasteiger partial charge in [-0.05, 0) is 51.4 Å². The summed E-state index contributed by atoms with van der Waals surface area (Å²) in [4.78, 5) is 22.7. The second-order valence-electron chi connectivity index (χ2n) is 10.5. The Balaban J connectivity index is 1.57. The van der Waals surface area contributed by atoms with Gasteiger partial charge >= 0.3 is 6.18 Å². The summed E-state index contributed by atoms with van der Waals surface area (Å²) in [6.07, 6.45) is 1.23. The van der Waals surface area contributed by atoms with Gasteiger partial charge in [0.2, 0.25) is 21.9 Å². The maximum atomic E-state index is 13.9. The van der Waals surface area contributed by atoms with Gasteiger partial charge in [-0.1, -0.05) is 12.8 Å². The van der Waals surface area contributed by atoms with Gasteiger partial charge in [-0.25, -0.2) is 17.7 Å². The number of aromatic nitrogens is 2. The van der Waals surface area contributed by atoms with Crippen molar-refractivity contribution in [3.63, 3.8) is 0 Å². The van der Waals surface area contributed by atoms with Crippen molar-refractivity contribution in [1.29, 1.82) is 0 Å². The highest BCUT2D eigenvalue weighted by molar-refractivity contribution is 7.88. The van der Waals surface area contributed by atoms with Crippen LogP contribution in [0.4, 0.5) is 36.3 Å². The number of methoxy groups -OCH3 is 1. The van der Waals surface area contributed by atoms with Gasteiger partial charge in [0.1, 0.15) is 17.1 Å². The first kappa shape index (κ1) is 30.8. The molecule has 2 aliphatic rings. The van der Waals surface area contributed by atoms with E-state index in [4.69, 9.17) is 4.74 Å². The molecule has 1 aromatic carbocycles. The van der Waals surface area contributed by atoms with Gasteiger partial charge in [-0.15, -0.1) is 0 Å². The molecule has 15 heteroatoms. The number of halogens is 3. The van der Waals surface area contributed by atoms with Gasteiger partial charge < -0.3 is 20.7 Å². The van der Waals surface area contributed by atoms with Gasteiger partial charge in [-0.3, -0.25) is 9.69 Å². The molecule has 1 amide bonds. The predicted octanol–water partition coefficient (Wildman–Crippen LogP) is 3.89. The second-order valence-corrected chi connectivity index (χ2v) is 12.5. The molecular formula is C26H36F3N7O4S. The summed E-state index contributed by atoms with van der Waals surface area (Å²) in [5.74, 6) is -0.371. The lowest BCUT2D eigenvalue weighted by molar-refractivity contribution is -0.137. The monoisotopic (exact) mass is 599 g/mol. The number of rotatable bonds is 9. The molecule has 226 valence electrons. The van der Waals surface area contributed by atoms with Crippen LogP contribution in [0.2, 0.25) is 0 Å². The topological polar surface area (TPSA) is 129 Å². The highest BCUT2D eigenvalue weighted by Crippen LogP contribution is 2.37. The molecule has 1 saturated carbocycles. The zero-order valence-corrected chi connectivity index (χ0v) is 24.3. The number of sulfonamides is 1. The molecule has 3 atom stereocenters. The average Bonchev–Trinajstić information content (AvgIpc) is 3.34. The van der Waals surface area contributed by atoms with Crippen molar-refractivity contribution in [2.45, 2.75) is 62.8 Å². The highest BCUT2D eigenvalue weighted by atomic mass is 32.2. The van der Waals surface area contributed by atoms with Crippen molar-refractivity contribution in [2.75, 3.05) is 50.0 Å². The number of benzene rings is 1. The smallest absolute Gasteiger partial charge is 0.421 e. The Kier molecular flexibility index (Phi) is 9.29. The van der Waals surface area contributed by atoms with Crippen LogP contribution in [0.5, 0.6) is 5.75 Å². The van der Waals surface area contributed by atoms with Crippen LogP contribution in [0.25, 0.3) is 0 Å². The minimum absolute atomic E-state index is 0.119. The lowest BCUT2D eigenvalue weighted by atomic mass is 9.90. The van der Waals surface area contributed by atoms with E-state index in [1.165, 1.54) is 18.5 Å². The minimum Gasteiger partial charge on any atom is -0.494 e. The summed E-state index contributed by atoms with van der Waals surface area (Å²) in [7, 11) is 1.20. The van der Waals surface area contributed by atoms with Crippen LogP contribution < -0.4 is 20.7 Å². The molecule has 0 radical (unpaired) electrons. The summed E-state index contributed by atoms with van der Waals surface area (Å²) in [5, 5.41) is 8.65. The Morgan fingerprint density at radius 1 is 1.17 bits per heavy atom. The molecule has 2 fully saturated rings. The molecule has 1 aliphatic carbocycles. The van der Waals surface area contributed by atoms with Gasteiger partial charge in [-0.2, -0.15) is 18.2 Å². The van der Waals surface area contributed by atoms with Crippen molar-refractivity contribution in [3.05, 3.63) is 30.0 Å². The van der Waals surface area contributed by atoms with Crippen LogP contribution in [-0.2, 0) is 21.0 Å². The molecule has 2 aromatic rings. The van der Waals surface area contributed by atoms with Crippen molar-refractivity contribution < 1.29 is 31.1 Å². The first-order valence-electron chi connectivity index (χ1n) is 13.4. The zero-order chi connectivity index (χ0) is 29.9. The number of carbonyl (C=O) groups is 1. The highest BCUT2D eigenvalue weighted by Gasteiger charge is 2.38. The summed E-state index contributed by atoms with van der Waals surface area (Å²) in [6, 6.07) is 3.54. The Labute approximate surface area is 237 Å². The Morgan fingerprint density at radius 2 is 1.90 bits per heavy atom. The molecule has 4 rings (SSSR count). The molecule has 0 spiro atoms. The number of hydrogen-bond donors (Lipinski definition) is 3. The Bertz CT molecular complexity index is 1360. The molecule has 2 heterocycles. The van der Waals surface area contributed by atoms with Crippen LogP contribution in [0.3, 0.4) is 0 Å². The fraction of sp³-hybridized carbons (Fsp3) is 0.577. The van der Waals surface area contributed by atoms with E-state index in [9.17, 15) is 26.4 Å². The number of alkyl halides is 3. The number of likely N-dealkylation sites (N-methyl/N-ethyl adjacent to an activating group) is 2. The first-order chi connectivity index (χ1) is 19.3. The summed E-state index contributed by atoms with van der Waals surface area (Å²) in [6.45, 7) is 0.851. The van der Waals surface area contributed by atoms with Crippen LogP contribution >= 0.6 is 0 Å². The van der Waals surface area contributed by atoms with Crippen molar-refractivity contribution in [1.82, 2.24) is 19.2 Å². The van der Waals surface area contributed by atoms with Gasteiger partial charge in [0.05, 0.1) is 25.1 Å². The molecule has 3 N–H and O–H groups in total. The summed E-state index contributed by atoms with van der Waals surface area (Å²) < 4.78 is 72.7. The lowest BCUT2D eigenvalue weighted by Gasteiger charge is -2.37. The Hall–Kier alpha value is -3.17. The number of carbonyl (C=O) groups excluding carboxylic acids is 1. The van der Waals surface area contributed by atoms with E-state index in [-0.39, 0.29) is 17.9 Å². The molecule has 1 aliphatic heterocycles. The van der Waals surface area contributed by atoms with E-state index in [0.717, 1.165) is 38.5 Å². The molecule has 0 bridgehead atoms. The van der Waals surface area contributed by atoms with Crippen molar-refractivity contribution in [3.8, 4) is 5.75 Å². The lowest BCUT2D eigenvalue weighted by Crippen LogP contribution is -2.49. The van der Waals surface area contributed by atoms with Crippen LogP contribution in [-0.4, -0.2) is 85.6 Å². The van der Waals surface area contributed by atoms with Gasteiger partial charge in [0.15, 0.2) is 0 Å². The predicted molar refractivity (Wildman–Crippen MR) is 150 cm³/mol. The maximum Gasteiger partial charge on any atom is 0.421 e. The number of ether oxygens (including phenoxy) is 1. The molecule has 1 saturated heterocycles. The van der Waals surface area contributed by atoms with E-state index in [1.54, 1.807) is 18.2 Å². The van der Waals surface area contributed by atoms with Gasteiger partial charge in [0.25, 0.3) is 0 Å². The third-order valence-corrected chi connectivity index (χ3v) is 8.99. The molecule has 1 aromatic heterocycles. The van der Waals surface area contributed by atoms with E-state index in [1.807, 2.05) is 11.9 Å². The largest absolute Gasteiger partial charge is 0.494 e. The number of amides is 1. The fourth-order valence-corrected chi connectivity index (χ4v) is 6.10. The number of anilines is 4. The summed E-state index contributed by atoms with van der Waals surface area (Å²) in [5.41, 5.74) is -0.176. The molecule has 11 nitrogen and oxygen atoms in total. The number of hydrogen-bond acceptors (Lipinski definition) is 9. The zero-order valence-electron chi connectivity index (χ0n) is 23.5. The van der Waals surface area contributed by atoms with E-state index in [0.29, 0.717) is 36.2 Å². The van der Waals surface area contributed by atoms with Crippen LogP contribution in [0.15, 0.2) is 24.4 Å². The van der Waals surface area contributed by atoms with E-state index >= 15 is 0 Å². The first-order valence-corrected chi connectivity index (χ1v) is 15.2. The maximum absolute atomic E-state index is 13.9. The standard InChI is InChI=1S/C26H36F3N7O4S/c1-35-13-7-10-21(35)24(37)31-16-11-12-19(22(14-16)40-3)33-25-30-15-17(26(27,28)29)23(34-25)32-18-8-5-6-9-20(18)36(2)41(4,38)39/h11-12,14-15,18,20-21H,5-10,13H2,1-4H3,(H,31,37)(H2,30,32,33,34)/t18-,20-,21-/m1/s1. The average molecular weight is 600 g/mol. The second kappa shape index (κ2) is 12.4. The molecule has 41 heavy (non-hydrogen) atoms. The SMILES string of the molecule is COc1cc(NC(=O)[C@H]2CCCN2C)ccc1Nc1ncc(C(F)(F)F)c(N[C@@H]2CCCC[C@H]2N(C)S(C)(=O)=O)n1. The molecular weight excluding hydrogens is 563 g/mol. The summed E-state index contributed by atoms with van der Waals surface area (Å²) >= 11 is 0.